The van der Waals surface area contributed by atoms with Gasteiger partial charge in [-0.15, -0.1) is 0 Å². The molecule has 5 heteroatoms. The van der Waals surface area contributed by atoms with E-state index in [1.165, 1.54) is 11.5 Å². The summed E-state index contributed by atoms with van der Waals surface area (Å²) in [5.74, 6) is 0.0960. The van der Waals surface area contributed by atoms with Gasteiger partial charge in [-0.1, -0.05) is 30.3 Å². The van der Waals surface area contributed by atoms with E-state index >= 15 is 0 Å². The van der Waals surface area contributed by atoms with Crippen LogP contribution in [0.3, 0.4) is 0 Å². The van der Waals surface area contributed by atoms with E-state index in [1.54, 1.807) is 0 Å². The van der Waals surface area contributed by atoms with Crippen molar-refractivity contribution < 1.29 is 4.79 Å². The summed E-state index contributed by atoms with van der Waals surface area (Å²) in [6.07, 6.45) is 0. The van der Waals surface area contributed by atoms with Gasteiger partial charge in [0.05, 0.1) is 5.69 Å². The van der Waals surface area contributed by atoms with E-state index in [-0.39, 0.29) is 11.9 Å². The van der Waals surface area contributed by atoms with Crippen molar-refractivity contribution >= 4 is 17.4 Å². The molecule has 1 N–H and O–H groups in total. The number of aromatic nitrogens is 1. The molecule has 4 nitrogen and oxygen atoms in total. The molecule has 1 amide bonds. The summed E-state index contributed by atoms with van der Waals surface area (Å²) in [6.45, 7) is 4.55. The predicted octanol–water partition coefficient (Wildman–Crippen LogP) is 2.24. The summed E-state index contributed by atoms with van der Waals surface area (Å²) >= 11 is 1.29. The molecule has 1 atom stereocenters. The van der Waals surface area contributed by atoms with Crippen LogP contribution in [0.25, 0.3) is 11.3 Å². The number of carbonyl (C=O) groups excluding carboxylic acids is 1. The number of carbonyl (C=O) groups is 1. The van der Waals surface area contributed by atoms with Gasteiger partial charge in [-0.25, -0.2) is 0 Å². The highest BCUT2D eigenvalue weighted by molar-refractivity contribution is 7.08. The third-order valence-corrected chi connectivity index (χ3v) is 4.33. The molecule has 2 aromatic rings. The number of nitrogens with one attached hydrogen (secondary N) is 1. The Morgan fingerprint density at radius 1 is 1.40 bits per heavy atom. The number of rotatable bonds is 2. The lowest BCUT2D eigenvalue weighted by Gasteiger charge is -2.33. The molecule has 0 unspecified atom stereocenters. The molecule has 0 radical (unpaired) electrons. The molecule has 20 heavy (non-hydrogen) atoms. The number of hydrogen-bond acceptors (Lipinski definition) is 4. The van der Waals surface area contributed by atoms with Gasteiger partial charge in [-0.3, -0.25) is 4.79 Å². The smallest absolute Gasteiger partial charge is 0.265 e. The normalized spacial score (nSPS) is 19.1. The Labute approximate surface area is 122 Å². The molecule has 1 saturated heterocycles. The SMILES string of the molecule is C[C@@H]1CNCCN1C(=O)c1cc(-c2ccccc2)ns1. The molecule has 1 fully saturated rings. The van der Waals surface area contributed by atoms with Gasteiger partial charge in [-0.2, -0.15) is 4.37 Å². The van der Waals surface area contributed by atoms with E-state index in [2.05, 4.69) is 16.6 Å². The standard InChI is InChI=1S/C15H17N3OS/c1-11-10-16-7-8-18(11)15(19)14-9-13(17-20-14)12-5-3-2-4-6-12/h2-6,9,11,16H,7-8,10H2,1H3/t11-/m1/s1. The van der Waals surface area contributed by atoms with Crippen LogP contribution < -0.4 is 5.32 Å². The second-order valence-electron chi connectivity index (χ2n) is 4.99. The van der Waals surface area contributed by atoms with E-state index < -0.39 is 0 Å². The molecule has 0 bridgehead atoms. The van der Waals surface area contributed by atoms with Gasteiger partial charge >= 0.3 is 0 Å². The first kappa shape index (κ1) is 13.3. The molecule has 104 valence electrons. The van der Waals surface area contributed by atoms with Crippen LogP contribution in [-0.2, 0) is 0 Å². The van der Waals surface area contributed by atoms with Crippen LogP contribution in [0, 0.1) is 0 Å². The molecule has 1 aromatic heterocycles. The van der Waals surface area contributed by atoms with Crippen LogP contribution in [0.1, 0.15) is 16.6 Å². The van der Waals surface area contributed by atoms with E-state index in [9.17, 15) is 4.79 Å². The maximum atomic E-state index is 12.5. The van der Waals surface area contributed by atoms with Crippen molar-refractivity contribution in [3.05, 3.63) is 41.3 Å². The Morgan fingerprint density at radius 3 is 2.95 bits per heavy atom. The number of amides is 1. The zero-order valence-electron chi connectivity index (χ0n) is 11.4. The van der Waals surface area contributed by atoms with Gasteiger partial charge in [0.2, 0.25) is 0 Å². The second-order valence-corrected chi connectivity index (χ2v) is 5.80. The maximum Gasteiger partial charge on any atom is 0.265 e. The highest BCUT2D eigenvalue weighted by atomic mass is 32.1. The van der Waals surface area contributed by atoms with Crippen LogP contribution in [0.2, 0.25) is 0 Å². The van der Waals surface area contributed by atoms with Crippen molar-refractivity contribution in [1.82, 2.24) is 14.6 Å². The first-order chi connectivity index (χ1) is 9.75. The molecule has 0 spiro atoms. The Morgan fingerprint density at radius 2 is 2.20 bits per heavy atom. The highest BCUT2D eigenvalue weighted by Crippen LogP contribution is 2.23. The summed E-state index contributed by atoms with van der Waals surface area (Å²) in [5, 5.41) is 3.30. The van der Waals surface area contributed by atoms with Crippen molar-refractivity contribution in [3.8, 4) is 11.3 Å². The summed E-state index contributed by atoms with van der Waals surface area (Å²) in [6, 6.07) is 12.1. The highest BCUT2D eigenvalue weighted by Gasteiger charge is 2.25. The molecule has 0 aliphatic carbocycles. The minimum atomic E-state index is 0.0960. The van der Waals surface area contributed by atoms with Crippen molar-refractivity contribution in [2.45, 2.75) is 13.0 Å². The number of piperazine rings is 1. The largest absolute Gasteiger partial charge is 0.333 e. The zero-order valence-corrected chi connectivity index (χ0v) is 12.2. The number of benzene rings is 1. The Kier molecular flexibility index (Phi) is 3.80. The minimum absolute atomic E-state index is 0.0960. The molecular weight excluding hydrogens is 270 g/mol. The molecule has 2 heterocycles. The van der Waals surface area contributed by atoms with Crippen molar-refractivity contribution in [2.75, 3.05) is 19.6 Å². The quantitative estimate of drug-likeness (QED) is 0.921. The molecule has 3 rings (SSSR count). The van der Waals surface area contributed by atoms with Gasteiger partial charge in [0, 0.05) is 31.2 Å². The summed E-state index contributed by atoms with van der Waals surface area (Å²) < 4.78 is 4.41. The summed E-state index contributed by atoms with van der Waals surface area (Å²) in [5.41, 5.74) is 1.93. The third kappa shape index (κ3) is 2.59. The average molecular weight is 287 g/mol. The summed E-state index contributed by atoms with van der Waals surface area (Å²) in [4.78, 5) is 15.2. The van der Waals surface area contributed by atoms with Crippen molar-refractivity contribution in [2.24, 2.45) is 0 Å². The van der Waals surface area contributed by atoms with Gasteiger partial charge in [0.1, 0.15) is 4.88 Å². The van der Waals surface area contributed by atoms with E-state index in [4.69, 9.17) is 0 Å². The second kappa shape index (κ2) is 5.73. The van der Waals surface area contributed by atoms with Gasteiger partial charge in [-0.05, 0) is 24.5 Å². The monoisotopic (exact) mass is 287 g/mol. The summed E-state index contributed by atoms with van der Waals surface area (Å²) in [7, 11) is 0. The van der Waals surface area contributed by atoms with Gasteiger partial charge in [0.25, 0.3) is 5.91 Å². The molecule has 1 aliphatic heterocycles. The van der Waals surface area contributed by atoms with E-state index in [0.717, 1.165) is 35.8 Å². The van der Waals surface area contributed by atoms with Gasteiger partial charge < -0.3 is 10.2 Å². The maximum absolute atomic E-state index is 12.5. The molecule has 0 saturated carbocycles. The van der Waals surface area contributed by atoms with Crippen LogP contribution in [0.15, 0.2) is 36.4 Å². The Hall–Kier alpha value is -1.72. The fraction of sp³-hybridized carbons (Fsp3) is 0.333. The van der Waals surface area contributed by atoms with E-state index in [1.807, 2.05) is 41.3 Å². The van der Waals surface area contributed by atoms with Crippen LogP contribution in [0.5, 0.6) is 0 Å². The Balaban J connectivity index is 1.81. The van der Waals surface area contributed by atoms with Crippen LogP contribution in [-0.4, -0.2) is 40.9 Å². The van der Waals surface area contributed by atoms with Gasteiger partial charge in [0.15, 0.2) is 0 Å². The van der Waals surface area contributed by atoms with E-state index in [0.29, 0.717) is 0 Å². The molecule has 1 aliphatic rings. The lowest BCUT2D eigenvalue weighted by atomic mass is 10.1. The lowest BCUT2D eigenvalue weighted by molar-refractivity contribution is 0.0661. The average Bonchev–Trinajstić information content (AvgIpc) is 2.98. The lowest BCUT2D eigenvalue weighted by Crippen LogP contribution is -2.52. The molecular formula is C15H17N3OS. The number of nitrogens with zero attached hydrogens (tertiary/aromatic N) is 2. The minimum Gasteiger partial charge on any atom is -0.333 e. The molecule has 1 aromatic carbocycles. The first-order valence-corrected chi connectivity index (χ1v) is 7.57. The fourth-order valence-corrected chi connectivity index (χ4v) is 3.12. The fourth-order valence-electron chi connectivity index (χ4n) is 2.41. The predicted molar refractivity (Wildman–Crippen MR) is 80.9 cm³/mol. The van der Waals surface area contributed by atoms with Crippen molar-refractivity contribution in [1.29, 1.82) is 0 Å². The third-order valence-electron chi connectivity index (χ3n) is 3.55. The zero-order chi connectivity index (χ0) is 13.9. The van der Waals surface area contributed by atoms with Crippen molar-refractivity contribution in [3.63, 3.8) is 0 Å². The van der Waals surface area contributed by atoms with Crippen LogP contribution in [0.4, 0.5) is 0 Å². The Bertz CT molecular complexity index is 596. The number of hydrogen-bond donors (Lipinski definition) is 1. The van der Waals surface area contributed by atoms with Crippen LogP contribution >= 0.6 is 11.5 Å². The first-order valence-electron chi connectivity index (χ1n) is 6.79. The topological polar surface area (TPSA) is 45.2 Å².